The predicted molar refractivity (Wildman–Crippen MR) is 78.5 cm³/mol. The van der Waals surface area contributed by atoms with Crippen molar-refractivity contribution in [3.63, 3.8) is 0 Å². The third kappa shape index (κ3) is 3.29. The molecule has 0 bridgehead atoms. The van der Waals surface area contributed by atoms with Crippen LogP contribution in [0.5, 0.6) is 0 Å². The summed E-state index contributed by atoms with van der Waals surface area (Å²) in [5.74, 6) is 1.10. The van der Waals surface area contributed by atoms with Crippen LogP contribution in [0.1, 0.15) is 28.9 Å². The van der Waals surface area contributed by atoms with E-state index in [9.17, 15) is 4.79 Å². The number of nitrogens with zero attached hydrogens (tertiary/aromatic N) is 1. The van der Waals surface area contributed by atoms with E-state index in [1.54, 1.807) is 11.8 Å². The quantitative estimate of drug-likeness (QED) is 0.695. The molecule has 1 fully saturated rings. The number of carbonyl (C=O) groups excluding carboxylic acids is 1. The number of nitrogens with two attached hydrogens (primary N) is 1. The van der Waals surface area contributed by atoms with Crippen LogP contribution in [-0.4, -0.2) is 35.5 Å². The smallest absolute Gasteiger partial charge is 0.265 e. The fraction of sp³-hybridized carbons (Fsp3) is 0.636. The summed E-state index contributed by atoms with van der Waals surface area (Å²) in [6.45, 7) is 0.655. The van der Waals surface area contributed by atoms with Crippen molar-refractivity contribution < 1.29 is 4.79 Å². The first-order chi connectivity index (χ1) is 8.70. The van der Waals surface area contributed by atoms with E-state index in [2.05, 4.69) is 15.6 Å². The molecule has 0 aliphatic heterocycles. The lowest BCUT2D eigenvalue weighted by atomic mass is 9.93. The highest BCUT2D eigenvalue weighted by atomic mass is 32.2. The number of aromatic nitrogens is 1. The molecule has 1 amide bonds. The first-order valence-corrected chi connectivity index (χ1v) is 8.21. The van der Waals surface area contributed by atoms with Crippen LogP contribution in [0.15, 0.2) is 0 Å². The molecule has 0 saturated heterocycles. The maximum absolute atomic E-state index is 11.9. The van der Waals surface area contributed by atoms with Crippen LogP contribution in [0, 0.1) is 0 Å². The number of anilines is 2. The summed E-state index contributed by atoms with van der Waals surface area (Å²) in [6, 6.07) is 0.503. The highest BCUT2D eigenvalue weighted by Crippen LogP contribution is 2.29. The third-order valence-corrected chi connectivity index (χ3v) is 4.50. The molecular formula is C11H18N4OS2. The van der Waals surface area contributed by atoms with E-state index >= 15 is 0 Å². The average Bonchev–Trinajstić information content (AvgIpc) is 2.65. The van der Waals surface area contributed by atoms with Gasteiger partial charge in [0.25, 0.3) is 5.91 Å². The molecule has 7 heteroatoms. The fourth-order valence-corrected chi connectivity index (χ4v) is 2.81. The molecule has 1 aromatic heterocycles. The minimum Gasteiger partial charge on any atom is -0.382 e. The Hall–Kier alpha value is -0.950. The molecule has 0 unspecified atom stereocenters. The van der Waals surface area contributed by atoms with Crippen molar-refractivity contribution in [3.8, 4) is 0 Å². The number of hydrogen-bond donors (Lipinski definition) is 3. The van der Waals surface area contributed by atoms with Crippen LogP contribution in [-0.2, 0) is 0 Å². The van der Waals surface area contributed by atoms with Gasteiger partial charge in [0.1, 0.15) is 10.7 Å². The first kappa shape index (κ1) is 13.5. The number of thiazole rings is 1. The Morgan fingerprint density at radius 1 is 1.61 bits per heavy atom. The zero-order valence-electron chi connectivity index (χ0n) is 10.4. The summed E-state index contributed by atoms with van der Waals surface area (Å²) in [5.41, 5.74) is 5.77. The van der Waals surface area contributed by atoms with Crippen LogP contribution < -0.4 is 16.4 Å². The topological polar surface area (TPSA) is 80.0 Å². The van der Waals surface area contributed by atoms with Crippen LogP contribution >= 0.6 is 23.1 Å². The van der Waals surface area contributed by atoms with Gasteiger partial charge in [-0.15, -0.1) is 0 Å². The van der Waals surface area contributed by atoms with Gasteiger partial charge in [0.05, 0.1) is 0 Å². The van der Waals surface area contributed by atoms with Gasteiger partial charge in [-0.2, -0.15) is 11.8 Å². The van der Waals surface area contributed by atoms with Crippen molar-refractivity contribution in [2.24, 2.45) is 0 Å². The van der Waals surface area contributed by atoms with Crippen LogP contribution in [0.3, 0.4) is 0 Å². The second kappa shape index (κ2) is 6.29. The average molecular weight is 286 g/mol. The highest BCUT2D eigenvalue weighted by Gasteiger charge is 2.21. The number of nitrogens with one attached hydrogen (secondary N) is 2. The number of thioether (sulfide) groups is 1. The summed E-state index contributed by atoms with van der Waals surface area (Å²) in [4.78, 5) is 16.6. The van der Waals surface area contributed by atoms with Gasteiger partial charge in [-0.05, 0) is 25.5 Å². The van der Waals surface area contributed by atoms with E-state index in [-0.39, 0.29) is 5.91 Å². The summed E-state index contributed by atoms with van der Waals surface area (Å²) < 4.78 is 0. The van der Waals surface area contributed by atoms with Gasteiger partial charge in [0, 0.05) is 18.3 Å². The minimum absolute atomic E-state index is 0.124. The molecule has 1 saturated carbocycles. The maximum atomic E-state index is 11.9. The molecule has 100 valence electrons. The summed E-state index contributed by atoms with van der Waals surface area (Å²) in [6.07, 6.45) is 5.62. The summed E-state index contributed by atoms with van der Waals surface area (Å²) >= 11 is 3.03. The molecule has 0 radical (unpaired) electrons. The van der Waals surface area contributed by atoms with Gasteiger partial charge in [0.2, 0.25) is 0 Å². The van der Waals surface area contributed by atoms with Crippen LogP contribution in [0.4, 0.5) is 10.9 Å². The van der Waals surface area contributed by atoms with E-state index in [4.69, 9.17) is 5.73 Å². The Morgan fingerprint density at radius 2 is 2.39 bits per heavy atom. The Kier molecular flexibility index (Phi) is 4.71. The van der Waals surface area contributed by atoms with E-state index in [1.165, 1.54) is 30.6 Å². The summed E-state index contributed by atoms with van der Waals surface area (Å²) in [7, 11) is 0. The predicted octanol–water partition coefficient (Wildman–Crippen LogP) is 1.78. The SMILES string of the molecule is CSCCNC(=O)c1sc(NC2CCC2)nc1N. The number of carbonyl (C=O) groups is 1. The number of amides is 1. The van der Waals surface area contributed by atoms with Gasteiger partial charge >= 0.3 is 0 Å². The number of rotatable bonds is 6. The molecule has 1 aliphatic carbocycles. The van der Waals surface area contributed by atoms with E-state index in [0.29, 0.717) is 23.3 Å². The number of hydrogen-bond acceptors (Lipinski definition) is 6. The van der Waals surface area contributed by atoms with Crippen molar-refractivity contribution >= 4 is 40.0 Å². The fourth-order valence-electron chi connectivity index (χ4n) is 1.63. The summed E-state index contributed by atoms with van der Waals surface area (Å²) in [5, 5.41) is 6.90. The van der Waals surface area contributed by atoms with Crippen molar-refractivity contribution in [3.05, 3.63) is 4.88 Å². The third-order valence-electron chi connectivity index (χ3n) is 2.88. The van der Waals surface area contributed by atoms with E-state index in [1.807, 2.05) is 6.26 Å². The molecule has 4 N–H and O–H groups in total. The van der Waals surface area contributed by atoms with Crippen molar-refractivity contribution in [1.29, 1.82) is 0 Å². The molecule has 1 aliphatic rings. The second-order valence-corrected chi connectivity index (χ2v) is 6.24. The Bertz CT molecular complexity index is 417. The molecule has 1 aromatic rings. The van der Waals surface area contributed by atoms with Crippen molar-refractivity contribution in [2.75, 3.05) is 29.6 Å². The molecular weight excluding hydrogens is 268 g/mol. The van der Waals surface area contributed by atoms with E-state index < -0.39 is 0 Å². The highest BCUT2D eigenvalue weighted by molar-refractivity contribution is 7.98. The largest absolute Gasteiger partial charge is 0.382 e. The van der Waals surface area contributed by atoms with Crippen molar-refractivity contribution in [1.82, 2.24) is 10.3 Å². The molecule has 5 nitrogen and oxygen atoms in total. The van der Waals surface area contributed by atoms with E-state index in [0.717, 1.165) is 10.9 Å². The lowest BCUT2D eigenvalue weighted by Gasteiger charge is -2.25. The van der Waals surface area contributed by atoms with Crippen molar-refractivity contribution in [2.45, 2.75) is 25.3 Å². The molecule has 0 aromatic carbocycles. The zero-order valence-corrected chi connectivity index (χ0v) is 12.0. The lowest BCUT2D eigenvalue weighted by Crippen LogP contribution is -2.26. The molecule has 0 atom stereocenters. The van der Waals surface area contributed by atoms with Crippen LogP contribution in [0.25, 0.3) is 0 Å². The second-order valence-electron chi connectivity index (χ2n) is 4.25. The number of nitrogen functional groups attached to an aromatic ring is 1. The first-order valence-electron chi connectivity index (χ1n) is 6.00. The Balaban J connectivity index is 1.92. The van der Waals surface area contributed by atoms with Gasteiger partial charge < -0.3 is 16.4 Å². The monoisotopic (exact) mass is 286 g/mol. The Morgan fingerprint density at radius 3 is 3.00 bits per heavy atom. The molecule has 0 spiro atoms. The normalized spacial score (nSPS) is 15.2. The van der Waals surface area contributed by atoms with Crippen LogP contribution in [0.2, 0.25) is 0 Å². The molecule has 2 rings (SSSR count). The lowest BCUT2D eigenvalue weighted by molar-refractivity contribution is 0.0961. The Labute approximate surface area is 115 Å². The standard InChI is InChI=1S/C11H18N4OS2/c1-17-6-5-13-10(16)8-9(12)15-11(18-8)14-7-3-2-4-7/h7H,2-6,12H2,1H3,(H,13,16)(H,14,15). The molecule has 18 heavy (non-hydrogen) atoms. The van der Waals surface area contributed by atoms with Gasteiger partial charge in [-0.25, -0.2) is 4.98 Å². The molecule has 1 heterocycles. The minimum atomic E-state index is -0.124. The van der Waals surface area contributed by atoms with Gasteiger partial charge in [-0.1, -0.05) is 11.3 Å². The van der Waals surface area contributed by atoms with Gasteiger partial charge in [-0.3, -0.25) is 4.79 Å². The zero-order chi connectivity index (χ0) is 13.0. The van der Waals surface area contributed by atoms with Gasteiger partial charge in [0.15, 0.2) is 5.13 Å². The maximum Gasteiger partial charge on any atom is 0.265 e.